The number of non-ortho nitro benzene ring substituents is 1. The third kappa shape index (κ3) is 7.53. The molecule has 0 fully saturated rings. The largest absolute Gasteiger partial charge is 0.513 e. The molecule has 0 aliphatic rings. The Hall–Kier alpha value is -2.23. The third-order valence-corrected chi connectivity index (χ3v) is 2.33. The molecule has 0 radical (unpaired) electrons. The SMILES string of the molecule is NCCOCCOCCOC(=O)Oc1ccc([N+](=O)[O-])cc1. The van der Waals surface area contributed by atoms with E-state index in [9.17, 15) is 14.9 Å². The maximum Gasteiger partial charge on any atom is 0.513 e. The van der Waals surface area contributed by atoms with Crippen LogP contribution in [0.2, 0.25) is 0 Å². The van der Waals surface area contributed by atoms with E-state index in [0.29, 0.717) is 26.4 Å². The number of nitro benzene ring substituents is 1. The first kappa shape index (κ1) is 17.8. The van der Waals surface area contributed by atoms with Crippen LogP contribution in [0.1, 0.15) is 0 Å². The fraction of sp³-hybridized carbons (Fsp3) is 0.462. The summed E-state index contributed by atoms with van der Waals surface area (Å²) >= 11 is 0. The van der Waals surface area contributed by atoms with Gasteiger partial charge < -0.3 is 24.7 Å². The first-order valence-corrected chi connectivity index (χ1v) is 6.58. The van der Waals surface area contributed by atoms with Gasteiger partial charge in [-0.1, -0.05) is 0 Å². The van der Waals surface area contributed by atoms with Crippen LogP contribution in [0.3, 0.4) is 0 Å². The molecule has 0 spiro atoms. The quantitative estimate of drug-likeness (QED) is 0.224. The van der Waals surface area contributed by atoms with Gasteiger partial charge in [-0.3, -0.25) is 10.1 Å². The zero-order valence-corrected chi connectivity index (χ0v) is 11.9. The number of nitrogens with two attached hydrogens (primary N) is 1. The van der Waals surface area contributed by atoms with E-state index < -0.39 is 11.1 Å². The average Bonchev–Trinajstić information content (AvgIpc) is 2.50. The number of rotatable bonds is 10. The second-order valence-corrected chi connectivity index (χ2v) is 3.96. The van der Waals surface area contributed by atoms with Crippen molar-refractivity contribution >= 4 is 11.8 Å². The molecule has 122 valence electrons. The van der Waals surface area contributed by atoms with Gasteiger partial charge in [0.05, 0.1) is 31.4 Å². The number of hydrogen-bond donors (Lipinski definition) is 1. The molecule has 0 unspecified atom stereocenters. The number of carbonyl (C=O) groups excluding carboxylic acids is 1. The van der Waals surface area contributed by atoms with Crippen molar-refractivity contribution in [2.24, 2.45) is 5.73 Å². The molecule has 1 aromatic rings. The lowest BCUT2D eigenvalue weighted by molar-refractivity contribution is -0.384. The first-order valence-electron chi connectivity index (χ1n) is 6.58. The van der Waals surface area contributed by atoms with E-state index in [0.717, 1.165) is 0 Å². The molecule has 0 aliphatic carbocycles. The minimum atomic E-state index is -0.906. The van der Waals surface area contributed by atoms with Crippen molar-refractivity contribution in [3.8, 4) is 5.75 Å². The highest BCUT2D eigenvalue weighted by Gasteiger charge is 2.08. The predicted octanol–water partition coefficient (Wildman–Crippen LogP) is 1.10. The summed E-state index contributed by atoms with van der Waals surface area (Å²) in [4.78, 5) is 21.3. The Labute approximate surface area is 127 Å². The Bertz CT molecular complexity index is 464. The molecule has 9 nitrogen and oxygen atoms in total. The number of carbonyl (C=O) groups is 1. The van der Waals surface area contributed by atoms with Gasteiger partial charge in [0.2, 0.25) is 0 Å². The number of hydrogen-bond acceptors (Lipinski definition) is 8. The number of benzene rings is 1. The van der Waals surface area contributed by atoms with E-state index in [2.05, 4.69) is 0 Å². The standard InChI is InChI=1S/C13H18N2O7/c14-5-6-19-7-8-20-9-10-21-13(16)22-12-3-1-11(2-4-12)15(17)18/h1-4H,5-10,14H2. The molecular formula is C13H18N2O7. The Morgan fingerprint density at radius 3 is 2.23 bits per heavy atom. The minimum Gasteiger partial charge on any atom is -0.432 e. The van der Waals surface area contributed by atoms with Crippen LogP contribution in [-0.4, -0.2) is 50.7 Å². The lowest BCUT2D eigenvalue weighted by Crippen LogP contribution is -2.16. The van der Waals surface area contributed by atoms with Crippen LogP contribution in [0.25, 0.3) is 0 Å². The Morgan fingerprint density at radius 2 is 1.64 bits per heavy atom. The lowest BCUT2D eigenvalue weighted by atomic mass is 10.3. The van der Waals surface area contributed by atoms with Gasteiger partial charge in [0.15, 0.2) is 0 Å². The van der Waals surface area contributed by atoms with Gasteiger partial charge in [0.25, 0.3) is 5.69 Å². The van der Waals surface area contributed by atoms with Crippen LogP contribution >= 0.6 is 0 Å². The zero-order chi connectivity index (χ0) is 16.2. The van der Waals surface area contributed by atoms with Crippen LogP contribution < -0.4 is 10.5 Å². The predicted molar refractivity (Wildman–Crippen MR) is 75.8 cm³/mol. The second kappa shape index (κ2) is 10.5. The molecule has 0 atom stereocenters. The van der Waals surface area contributed by atoms with E-state index in [4.69, 9.17) is 24.7 Å². The summed E-state index contributed by atoms with van der Waals surface area (Å²) in [5.41, 5.74) is 5.15. The minimum absolute atomic E-state index is 0.0305. The number of nitrogens with zero attached hydrogens (tertiary/aromatic N) is 1. The molecule has 0 saturated carbocycles. The van der Waals surface area contributed by atoms with Crippen LogP contribution in [0.5, 0.6) is 5.75 Å². The molecule has 1 rings (SSSR count). The highest BCUT2D eigenvalue weighted by molar-refractivity contribution is 5.63. The van der Waals surface area contributed by atoms with E-state index >= 15 is 0 Å². The van der Waals surface area contributed by atoms with Gasteiger partial charge in [-0.25, -0.2) is 4.79 Å². The number of nitro groups is 1. The zero-order valence-electron chi connectivity index (χ0n) is 11.9. The third-order valence-electron chi connectivity index (χ3n) is 2.33. The van der Waals surface area contributed by atoms with Gasteiger partial charge in [-0.15, -0.1) is 0 Å². The van der Waals surface area contributed by atoms with E-state index in [-0.39, 0.29) is 24.7 Å². The highest BCUT2D eigenvalue weighted by atomic mass is 16.7. The average molecular weight is 314 g/mol. The van der Waals surface area contributed by atoms with Crippen molar-refractivity contribution < 1.29 is 28.7 Å². The monoisotopic (exact) mass is 314 g/mol. The lowest BCUT2D eigenvalue weighted by Gasteiger charge is -2.07. The molecule has 0 heterocycles. The van der Waals surface area contributed by atoms with E-state index in [1.165, 1.54) is 24.3 Å². The normalized spacial score (nSPS) is 10.2. The van der Waals surface area contributed by atoms with Gasteiger partial charge >= 0.3 is 6.16 Å². The van der Waals surface area contributed by atoms with Gasteiger partial charge in [-0.05, 0) is 12.1 Å². The van der Waals surface area contributed by atoms with E-state index in [1.807, 2.05) is 0 Å². The van der Waals surface area contributed by atoms with Gasteiger partial charge in [0.1, 0.15) is 12.4 Å². The number of ether oxygens (including phenoxy) is 4. The summed E-state index contributed by atoms with van der Waals surface area (Å²) in [7, 11) is 0. The molecule has 0 bridgehead atoms. The molecule has 0 amide bonds. The summed E-state index contributed by atoms with van der Waals surface area (Å²) < 4.78 is 19.8. The molecule has 2 N–H and O–H groups in total. The van der Waals surface area contributed by atoms with Crippen molar-refractivity contribution in [2.75, 3.05) is 39.6 Å². The van der Waals surface area contributed by atoms with Gasteiger partial charge in [-0.2, -0.15) is 0 Å². The second-order valence-electron chi connectivity index (χ2n) is 3.96. The molecule has 0 saturated heterocycles. The summed E-state index contributed by atoms with van der Waals surface area (Å²) in [6.07, 6.45) is -0.906. The molecular weight excluding hydrogens is 296 g/mol. The summed E-state index contributed by atoms with van der Waals surface area (Å²) in [6.45, 7) is 1.97. The highest BCUT2D eigenvalue weighted by Crippen LogP contribution is 2.17. The molecule has 0 aromatic heterocycles. The smallest absolute Gasteiger partial charge is 0.432 e. The van der Waals surface area contributed by atoms with Crippen LogP contribution in [0, 0.1) is 10.1 Å². The van der Waals surface area contributed by atoms with Crippen LogP contribution in [0.4, 0.5) is 10.5 Å². The topological polar surface area (TPSA) is 123 Å². The Morgan fingerprint density at radius 1 is 1.05 bits per heavy atom. The van der Waals surface area contributed by atoms with Crippen molar-refractivity contribution in [2.45, 2.75) is 0 Å². The van der Waals surface area contributed by atoms with Crippen molar-refractivity contribution in [3.05, 3.63) is 34.4 Å². The van der Waals surface area contributed by atoms with E-state index in [1.54, 1.807) is 0 Å². The summed E-state index contributed by atoms with van der Waals surface area (Å²) in [6, 6.07) is 5.08. The van der Waals surface area contributed by atoms with Crippen molar-refractivity contribution in [1.29, 1.82) is 0 Å². The molecule has 0 aliphatic heterocycles. The molecule has 1 aromatic carbocycles. The summed E-state index contributed by atoms with van der Waals surface area (Å²) in [5, 5.41) is 10.5. The summed E-state index contributed by atoms with van der Waals surface area (Å²) in [5.74, 6) is 0.159. The van der Waals surface area contributed by atoms with Crippen LogP contribution in [-0.2, 0) is 14.2 Å². The molecule has 9 heteroatoms. The van der Waals surface area contributed by atoms with Crippen molar-refractivity contribution in [1.82, 2.24) is 0 Å². The maximum atomic E-state index is 11.3. The van der Waals surface area contributed by atoms with Gasteiger partial charge in [0, 0.05) is 18.7 Å². The Balaban J connectivity index is 2.12. The Kier molecular flexibility index (Phi) is 8.50. The maximum absolute atomic E-state index is 11.3. The first-order chi connectivity index (χ1) is 10.6. The fourth-order valence-corrected chi connectivity index (χ4v) is 1.35. The van der Waals surface area contributed by atoms with Crippen LogP contribution in [0.15, 0.2) is 24.3 Å². The fourth-order valence-electron chi connectivity index (χ4n) is 1.35. The molecule has 22 heavy (non-hydrogen) atoms. The van der Waals surface area contributed by atoms with Crippen molar-refractivity contribution in [3.63, 3.8) is 0 Å².